The molecule has 7 atom stereocenters. The van der Waals surface area contributed by atoms with Crippen molar-refractivity contribution in [1.29, 1.82) is 0 Å². The molecular weight excluding hydrogens is 588 g/mol. The van der Waals surface area contributed by atoms with Crippen LogP contribution in [-0.4, -0.2) is 46.1 Å². The van der Waals surface area contributed by atoms with Gasteiger partial charge in [-0.1, -0.05) is 74.8 Å². The molecule has 0 heterocycles. The van der Waals surface area contributed by atoms with Crippen molar-refractivity contribution in [3.8, 4) is 0 Å². The maximum absolute atomic E-state index is 13.6. The first-order chi connectivity index (χ1) is 22.0. The predicted molar refractivity (Wildman–Crippen MR) is 185 cm³/mol. The molecule has 6 heteroatoms. The Morgan fingerprint density at radius 3 is 2.47 bits per heavy atom. The molecule has 5 rings (SSSR count). The maximum Gasteiger partial charge on any atom is 0.331 e. The molecule has 3 fully saturated rings. The standard InChI is InChI=1S/C41H56O6/c1-26(13-16-32-28(3)12-9-19-38(32,4)5)10-8-11-27(2)22-36(45)47-25-35(44)41(46)21-18-33-31-15-14-29-23-30(42)17-20-39(29,6)37(31)34(43)24-40(33,41)7/h8,10-11,13,16,22-23,31,33-34,37,43,46H,9,12,14-15,17-21,24-25H2,1-7H3/b11-8+,16-13+,26-10+,27-22+/t31-,33-,34-,37+,39-,40-,41-/m0/s1. The molecule has 3 saturated carbocycles. The molecule has 0 aliphatic heterocycles. The number of carbonyl (C=O) groups is 3. The number of aliphatic hydroxyl groups is 2. The number of esters is 1. The van der Waals surface area contributed by atoms with Crippen LogP contribution in [-0.2, 0) is 19.1 Å². The zero-order valence-electron chi connectivity index (χ0n) is 29.7. The Labute approximate surface area is 281 Å². The summed E-state index contributed by atoms with van der Waals surface area (Å²) in [5.74, 6) is -0.707. The highest BCUT2D eigenvalue weighted by atomic mass is 16.5. The Balaban J connectivity index is 1.19. The van der Waals surface area contributed by atoms with Gasteiger partial charge in [0, 0.05) is 17.9 Å². The minimum Gasteiger partial charge on any atom is -0.454 e. The first-order valence-electron chi connectivity index (χ1n) is 17.8. The summed E-state index contributed by atoms with van der Waals surface area (Å²) in [6.45, 7) is 14.3. The smallest absolute Gasteiger partial charge is 0.331 e. The molecule has 0 aromatic carbocycles. The van der Waals surface area contributed by atoms with Gasteiger partial charge >= 0.3 is 5.97 Å². The second-order valence-corrected chi connectivity index (χ2v) is 16.4. The van der Waals surface area contributed by atoms with E-state index in [4.69, 9.17) is 4.74 Å². The number of ketones is 2. The molecule has 47 heavy (non-hydrogen) atoms. The molecule has 5 aliphatic rings. The summed E-state index contributed by atoms with van der Waals surface area (Å²) in [5.41, 5.74) is 3.32. The molecule has 2 N–H and O–H groups in total. The van der Waals surface area contributed by atoms with Gasteiger partial charge in [0.2, 0.25) is 5.78 Å². The number of fused-ring (bicyclic) bond motifs is 5. The third-order valence-corrected chi connectivity index (χ3v) is 13.0. The van der Waals surface area contributed by atoms with E-state index in [1.54, 1.807) is 6.92 Å². The fraction of sp³-hybridized carbons (Fsp3) is 0.634. The highest BCUT2D eigenvalue weighted by Crippen LogP contribution is 2.67. The molecule has 256 valence electrons. The van der Waals surface area contributed by atoms with E-state index in [9.17, 15) is 24.6 Å². The summed E-state index contributed by atoms with van der Waals surface area (Å²) in [7, 11) is 0. The van der Waals surface area contributed by atoms with Gasteiger partial charge < -0.3 is 14.9 Å². The lowest BCUT2D eigenvalue weighted by Gasteiger charge is -2.60. The van der Waals surface area contributed by atoms with E-state index < -0.39 is 35.5 Å². The van der Waals surface area contributed by atoms with Crippen molar-refractivity contribution in [1.82, 2.24) is 0 Å². The van der Waals surface area contributed by atoms with Crippen LogP contribution < -0.4 is 0 Å². The Morgan fingerprint density at radius 2 is 1.74 bits per heavy atom. The first-order valence-corrected chi connectivity index (χ1v) is 17.8. The third-order valence-electron chi connectivity index (χ3n) is 13.0. The second kappa shape index (κ2) is 13.2. The Morgan fingerprint density at radius 1 is 1.00 bits per heavy atom. The highest BCUT2D eigenvalue weighted by molar-refractivity contribution is 5.93. The zero-order chi connectivity index (χ0) is 34.4. The fourth-order valence-electron chi connectivity index (χ4n) is 10.3. The van der Waals surface area contributed by atoms with Crippen molar-refractivity contribution < 1.29 is 29.3 Å². The quantitative estimate of drug-likeness (QED) is 0.159. The topological polar surface area (TPSA) is 101 Å². The van der Waals surface area contributed by atoms with Gasteiger partial charge in [-0.25, -0.2) is 4.79 Å². The molecule has 0 bridgehead atoms. The van der Waals surface area contributed by atoms with Crippen LogP contribution in [0.1, 0.15) is 113 Å². The minimum atomic E-state index is -1.67. The number of Topliss-reactive ketones (excluding diaryl/α,β-unsaturated/α-hetero) is 1. The monoisotopic (exact) mass is 644 g/mol. The van der Waals surface area contributed by atoms with Crippen LogP contribution in [0, 0.1) is 34.0 Å². The molecule has 5 aliphatic carbocycles. The van der Waals surface area contributed by atoms with Gasteiger partial charge in [0.25, 0.3) is 0 Å². The van der Waals surface area contributed by atoms with Gasteiger partial charge in [0.05, 0.1) is 6.10 Å². The van der Waals surface area contributed by atoms with Gasteiger partial charge in [-0.3, -0.25) is 9.59 Å². The Hall–Kier alpha value is -2.83. The Bertz CT molecular complexity index is 1480. The second-order valence-electron chi connectivity index (χ2n) is 16.4. The van der Waals surface area contributed by atoms with Crippen LogP contribution in [0.25, 0.3) is 0 Å². The van der Waals surface area contributed by atoms with Crippen LogP contribution in [0.2, 0.25) is 0 Å². The summed E-state index contributed by atoms with van der Waals surface area (Å²) in [4.78, 5) is 38.4. The first kappa shape index (κ1) is 35.5. The molecule has 0 unspecified atom stereocenters. The van der Waals surface area contributed by atoms with Gasteiger partial charge in [-0.05, 0) is 124 Å². The zero-order valence-corrected chi connectivity index (χ0v) is 29.7. The largest absolute Gasteiger partial charge is 0.454 e. The fourth-order valence-corrected chi connectivity index (χ4v) is 10.3. The summed E-state index contributed by atoms with van der Waals surface area (Å²) < 4.78 is 5.38. The van der Waals surface area contributed by atoms with Gasteiger partial charge in [0.1, 0.15) is 5.60 Å². The summed E-state index contributed by atoms with van der Waals surface area (Å²) in [6.07, 6.45) is 20.4. The van der Waals surface area contributed by atoms with E-state index in [1.807, 2.05) is 31.2 Å². The lowest BCUT2D eigenvalue weighted by atomic mass is 9.45. The van der Waals surface area contributed by atoms with Crippen molar-refractivity contribution >= 4 is 17.5 Å². The van der Waals surface area contributed by atoms with E-state index in [1.165, 1.54) is 30.1 Å². The van der Waals surface area contributed by atoms with Crippen LogP contribution in [0.15, 0.2) is 70.4 Å². The Kier molecular flexibility index (Phi) is 9.99. The average Bonchev–Trinajstić information content (AvgIpc) is 3.26. The van der Waals surface area contributed by atoms with E-state index in [-0.39, 0.29) is 34.4 Å². The van der Waals surface area contributed by atoms with E-state index in [2.05, 4.69) is 46.8 Å². The number of carbonyl (C=O) groups excluding carboxylic acids is 3. The van der Waals surface area contributed by atoms with Crippen molar-refractivity contribution in [3.05, 3.63) is 70.4 Å². The maximum atomic E-state index is 13.6. The summed E-state index contributed by atoms with van der Waals surface area (Å²) in [5, 5.41) is 23.5. The van der Waals surface area contributed by atoms with Gasteiger partial charge in [-0.2, -0.15) is 0 Å². The molecule has 0 saturated heterocycles. The van der Waals surface area contributed by atoms with E-state index in [0.29, 0.717) is 31.3 Å². The summed E-state index contributed by atoms with van der Waals surface area (Å²) >= 11 is 0. The molecular formula is C41H56O6. The lowest BCUT2D eigenvalue weighted by Crippen LogP contribution is -2.62. The molecule has 0 aromatic rings. The average molecular weight is 645 g/mol. The molecule has 0 radical (unpaired) electrons. The molecule has 0 aromatic heterocycles. The SMILES string of the molecule is CC1=C(/C=C/C(C)=C/C=C/C(C)=C/C(=O)OCC(=O)[C@@]2(O)CC[C@H]3[C@@H]4CCC5=CC(=O)CC[C@]5(C)[C@H]4[C@@H](O)C[C@@]32C)C(C)(C)CCC1. The number of rotatable bonds is 8. The molecule has 0 amide bonds. The van der Waals surface area contributed by atoms with Crippen molar-refractivity contribution in [2.24, 2.45) is 34.0 Å². The van der Waals surface area contributed by atoms with Crippen LogP contribution in [0.3, 0.4) is 0 Å². The van der Waals surface area contributed by atoms with Gasteiger partial charge in [0.15, 0.2) is 12.4 Å². The van der Waals surface area contributed by atoms with E-state index >= 15 is 0 Å². The van der Waals surface area contributed by atoms with E-state index in [0.717, 1.165) is 36.8 Å². The molecule has 6 nitrogen and oxygen atoms in total. The number of aliphatic hydroxyl groups excluding tert-OH is 1. The van der Waals surface area contributed by atoms with Crippen LogP contribution in [0.4, 0.5) is 0 Å². The highest BCUT2D eigenvalue weighted by Gasteiger charge is 2.68. The number of hydrogen-bond donors (Lipinski definition) is 2. The summed E-state index contributed by atoms with van der Waals surface area (Å²) in [6, 6.07) is 0. The predicted octanol–water partition coefficient (Wildman–Crippen LogP) is 7.86. The van der Waals surface area contributed by atoms with Crippen molar-refractivity contribution in [3.63, 3.8) is 0 Å². The lowest BCUT2D eigenvalue weighted by molar-refractivity contribution is -0.184. The number of hydrogen-bond acceptors (Lipinski definition) is 6. The normalized spacial score (nSPS) is 37.5. The van der Waals surface area contributed by atoms with Crippen molar-refractivity contribution in [2.45, 2.75) is 124 Å². The van der Waals surface area contributed by atoms with Crippen LogP contribution in [0.5, 0.6) is 0 Å². The van der Waals surface area contributed by atoms with Gasteiger partial charge in [-0.15, -0.1) is 0 Å². The minimum absolute atomic E-state index is 0.00500. The third kappa shape index (κ3) is 6.62. The molecule has 0 spiro atoms. The number of ether oxygens (including phenoxy) is 1. The number of allylic oxidation sites excluding steroid dienone is 10. The van der Waals surface area contributed by atoms with Crippen LogP contribution >= 0.6 is 0 Å². The van der Waals surface area contributed by atoms with Crippen molar-refractivity contribution in [2.75, 3.05) is 6.61 Å².